The summed E-state index contributed by atoms with van der Waals surface area (Å²) in [5.74, 6) is 1.42. The van der Waals surface area contributed by atoms with Crippen molar-refractivity contribution in [3.63, 3.8) is 0 Å². The SMILES string of the molecule is CC(C)CCn1c(CNC(=O)c2cccc(Br)c2)nc2ccccc21. The van der Waals surface area contributed by atoms with E-state index in [-0.39, 0.29) is 5.91 Å². The Kier molecular flexibility index (Phi) is 5.53. The highest BCUT2D eigenvalue weighted by Gasteiger charge is 2.13. The van der Waals surface area contributed by atoms with Gasteiger partial charge >= 0.3 is 0 Å². The first kappa shape index (κ1) is 17.7. The van der Waals surface area contributed by atoms with Crippen molar-refractivity contribution >= 4 is 32.9 Å². The van der Waals surface area contributed by atoms with Gasteiger partial charge in [0.1, 0.15) is 5.82 Å². The topological polar surface area (TPSA) is 46.9 Å². The third-order valence-corrected chi connectivity index (χ3v) is 4.65. The van der Waals surface area contributed by atoms with Crippen LogP contribution in [-0.2, 0) is 13.1 Å². The Labute approximate surface area is 156 Å². The molecule has 1 heterocycles. The van der Waals surface area contributed by atoms with Crippen LogP contribution in [0.3, 0.4) is 0 Å². The lowest BCUT2D eigenvalue weighted by Gasteiger charge is -2.12. The van der Waals surface area contributed by atoms with Crippen molar-refractivity contribution in [1.29, 1.82) is 0 Å². The highest BCUT2D eigenvalue weighted by atomic mass is 79.9. The maximum absolute atomic E-state index is 12.4. The number of carbonyl (C=O) groups is 1. The van der Waals surface area contributed by atoms with E-state index in [0.29, 0.717) is 18.0 Å². The lowest BCUT2D eigenvalue weighted by atomic mass is 10.1. The van der Waals surface area contributed by atoms with Crippen molar-refractivity contribution in [2.45, 2.75) is 33.4 Å². The molecule has 130 valence electrons. The number of rotatable bonds is 6. The zero-order valence-electron chi connectivity index (χ0n) is 14.5. The van der Waals surface area contributed by atoms with Crippen LogP contribution in [0.5, 0.6) is 0 Å². The molecule has 3 aromatic rings. The van der Waals surface area contributed by atoms with E-state index in [1.165, 1.54) is 0 Å². The number of halogens is 1. The summed E-state index contributed by atoms with van der Waals surface area (Å²) >= 11 is 3.40. The van der Waals surface area contributed by atoms with Gasteiger partial charge < -0.3 is 9.88 Å². The predicted molar refractivity (Wildman–Crippen MR) is 105 cm³/mol. The number of aryl methyl sites for hydroxylation is 1. The van der Waals surface area contributed by atoms with Gasteiger partial charge in [-0.2, -0.15) is 0 Å². The quantitative estimate of drug-likeness (QED) is 0.648. The van der Waals surface area contributed by atoms with E-state index in [9.17, 15) is 4.79 Å². The molecule has 0 unspecified atom stereocenters. The Bertz CT molecular complexity index is 886. The molecule has 4 nitrogen and oxygen atoms in total. The number of imidazole rings is 1. The third-order valence-electron chi connectivity index (χ3n) is 4.16. The molecule has 1 amide bonds. The van der Waals surface area contributed by atoms with Crippen LogP contribution in [0.4, 0.5) is 0 Å². The first-order chi connectivity index (χ1) is 12.0. The second kappa shape index (κ2) is 7.83. The number of aromatic nitrogens is 2. The fourth-order valence-electron chi connectivity index (χ4n) is 2.79. The van der Waals surface area contributed by atoms with Crippen LogP contribution in [0.2, 0.25) is 0 Å². The van der Waals surface area contributed by atoms with Crippen LogP contribution in [0.25, 0.3) is 11.0 Å². The summed E-state index contributed by atoms with van der Waals surface area (Å²) in [7, 11) is 0. The summed E-state index contributed by atoms with van der Waals surface area (Å²) in [5, 5.41) is 2.99. The molecule has 1 N–H and O–H groups in total. The molecule has 0 fully saturated rings. The van der Waals surface area contributed by atoms with Gasteiger partial charge in [-0.05, 0) is 42.7 Å². The fraction of sp³-hybridized carbons (Fsp3) is 0.300. The normalized spacial score (nSPS) is 11.2. The number of para-hydroxylation sites is 2. The molecule has 1 aromatic heterocycles. The molecule has 0 aliphatic carbocycles. The maximum Gasteiger partial charge on any atom is 0.251 e. The van der Waals surface area contributed by atoms with Gasteiger partial charge in [-0.25, -0.2) is 4.98 Å². The molecule has 0 spiro atoms. The molecule has 0 bridgehead atoms. The molecule has 0 aliphatic heterocycles. The number of benzene rings is 2. The standard InChI is InChI=1S/C20H22BrN3O/c1-14(2)10-11-24-18-9-4-3-8-17(18)23-19(24)13-22-20(25)15-6-5-7-16(21)12-15/h3-9,12,14H,10-11,13H2,1-2H3,(H,22,25). The summed E-state index contributed by atoms with van der Waals surface area (Å²) < 4.78 is 3.11. The maximum atomic E-state index is 12.4. The molecule has 0 atom stereocenters. The van der Waals surface area contributed by atoms with Gasteiger partial charge in [-0.15, -0.1) is 0 Å². The lowest BCUT2D eigenvalue weighted by Crippen LogP contribution is -2.25. The Morgan fingerprint density at radius 3 is 2.76 bits per heavy atom. The van der Waals surface area contributed by atoms with Crippen LogP contribution in [-0.4, -0.2) is 15.5 Å². The molecule has 0 aliphatic rings. The second-order valence-electron chi connectivity index (χ2n) is 6.54. The molecule has 2 aromatic carbocycles. The number of fused-ring (bicyclic) bond motifs is 1. The molecule has 0 saturated heterocycles. The van der Waals surface area contributed by atoms with Gasteiger partial charge in [0.25, 0.3) is 5.91 Å². The minimum absolute atomic E-state index is 0.0937. The van der Waals surface area contributed by atoms with E-state index in [1.54, 1.807) is 0 Å². The van der Waals surface area contributed by atoms with Crippen molar-refractivity contribution in [2.75, 3.05) is 0 Å². The number of nitrogens with zero attached hydrogens (tertiary/aromatic N) is 2. The summed E-state index contributed by atoms with van der Waals surface area (Å²) in [4.78, 5) is 17.1. The summed E-state index contributed by atoms with van der Waals surface area (Å²) in [6.07, 6.45) is 1.08. The van der Waals surface area contributed by atoms with E-state index in [2.05, 4.69) is 45.7 Å². The molecule has 0 radical (unpaired) electrons. The van der Waals surface area contributed by atoms with Crippen molar-refractivity contribution in [2.24, 2.45) is 5.92 Å². The van der Waals surface area contributed by atoms with Gasteiger partial charge in [-0.3, -0.25) is 4.79 Å². The van der Waals surface area contributed by atoms with Crippen molar-refractivity contribution in [3.8, 4) is 0 Å². The number of carbonyl (C=O) groups excluding carboxylic acids is 1. The van der Waals surface area contributed by atoms with Crippen molar-refractivity contribution in [3.05, 3.63) is 64.4 Å². The lowest BCUT2D eigenvalue weighted by molar-refractivity contribution is 0.0949. The van der Waals surface area contributed by atoms with Crippen LogP contribution in [0, 0.1) is 5.92 Å². The number of hydrogen-bond acceptors (Lipinski definition) is 2. The van der Waals surface area contributed by atoms with E-state index in [0.717, 1.165) is 34.3 Å². The summed E-state index contributed by atoms with van der Waals surface area (Å²) in [6, 6.07) is 15.5. The van der Waals surface area contributed by atoms with Gasteiger partial charge in [0.15, 0.2) is 0 Å². The number of hydrogen-bond donors (Lipinski definition) is 1. The minimum atomic E-state index is -0.0937. The molecule has 0 saturated carbocycles. The van der Waals surface area contributed by atoms with E-state index in [1.807, 2.05) is 42.5 Å². The Balaban J connectivity index is 1.80. The average Bonchev–Trinajstić information content (AvgIpc) is 2.95. The molecule has 3 rings (SSSR count). The summed E-state index contributed by atoms with van der Waals surface area (Å²) in [5.41, 5.74) is 2.73. The van der Waals surface area contributed by atoms with E-state index in [4.69, 9.17) is 4.98 Å². The molecule has 5 heteroatoms. The van der Waals surface area contributed by atoms with Gasteiger partial charge in [0.2, 0.25) is 0 Å². The largest absolute Gasteiger partial charge is 0.345 e. The Morgan fingerprint density at radius 1 is 1.20 bits per heavy atom. The monoisotopic (exact) mass is 399 g/mol. The highest BCUT2D eigenvalue weighted by Crippen LogP contribution is 2.18. The molecular formula is C20H22BrN3O. The van der Waals surface area contributed by atoms with Gasteiger partial charge in [-0.1, -0.05) is 48.0 Å². The molecular weight excluding hydrogens is 378 g/mol. The van der Waals surface area contributed by atoms with E-state index < -0.39 is 0 Å². The highest BCUT2D eigenvalue weighted by molar-refractivity contribution is 9.10. The smallest absolute Gasteiger partial charge is 0.251 e. The third kappa shape index (κ3) is 4.28. The van der Waals surface area contributed by atoms with Crippen molar-refractivity contribution < 1.29 is 4.79 Å². The first-order valence-corrected chi connectivity index (χ1v) is 9.32. The predicted octanol–water partition coefficient (Wildman–Crippen LogP) is 4.77. The Hall–Kier alpha value is -2.14. The van der Waals surface area contributed by atoms with Gasteiger partial charge in [0.05, 0.1) is 17.6 Å². The average molecular weight is 400 g/mol. The fourth-order valence-corrected chi connectivity index (χ4v) is 3.19. The van der Waals surface area contributed by atoms with Gasteiger partial charge in [0, 0.05) is 16.6 Å². The first-order valence-electron chi connectivity index (χ1n) is 8.52. The minimum Gasteiger partial charge on any atom is -0.345 e. The number of nitrogens with one attached hydrogen (secondary N) is 1. The zero-order chi connectivity index (χ0) is 17.8. The zero-order valence-corrected chi connectivity index (χ0v) is 16.1. The second-order valence-corrected chi connectivity index (χ2v) is 7.46. The van der Waals surface area contributed by atoms with Crippen LogP contribution in [0.1, 0.15) is 36.5 Å². The van der Waals surface area contributed by atoms with E-state index >= 15 is 0 Å². The molecule has 25 heavy (non-hydrogen) atoms. The number of amides is 1. The summed E-state index contributed by atoms with van der Waals surface area (Å²) in [6.45, 7) is 5.75. The van der Waals surface area contributed by atoms with Crippen LogP contribution in [0.15, 0.2) is 53.0 Å². The van der Waals surface area contributed by atoms with Crippen LogP contribution < -0.4 is 5.32 Å². The van der Waals surface area contributed by atoms with Crippen LogP contribution >= 0.6 is 15.9 Å². The van der Waals surface area contributed by atoms with Crippen molar-refractivity contribution in [1.82, 2.24) is 14.9 Å². The Morgan fingerprint density at radius 2 is 2.00 bits per heavy atom.